The van der Waals surface area contributed by atoms with Gasteiger partial charge in [-0.25, -0.2) is 4.79 Å². The van der Waals surface area contributed by atoms with Crippen molar-refractivity contribution in [1.82, 2.24) is 0 Å². The molecule has 1 rings (SSSR count). The van der Waals surface area contributed by atoms with Crippen LogP contribution in [-0.2, 0) is 10.9 Å². The van der Waals surface area contributed by atoms with E-state index in [1.165, 1.54) is 6.92 Å². The van der Waals surface area contributed by atoms with Gasteiger partial charge in [0.05, 0.1) is 23.9 Å². The molecule has 1 atom stereocenters. The molecule has 1 unspecified atom stereocenters. The second-order valence-electron chi connectivity index (χ2n) is 4.31. The summed E-state index contributed by atoms with van der Waals surface area (Å²) >= 11 is 0. The third kappa shape index (κ3) is 3.94. The highest BCUT2D eigenvalue weighted by molar-refractivity contribution is 6.02. The third-order valence-corrected chi connectivity index (χ3v) is 2.61. The average molecular weight is 305 g/mol. The predicted octanol–water partition coefficient (Wildman–Crippen LogP) is 2.44. The normalized spacial score (nSPS) is 12.7. The van der Waals surface area contributed by atoms with E-state index in [1.807, 2.05) is 0 Å². The van der Waals surface area contributed by atoms with Gasteiger partial charge in [0.25, 0.3) is 0 Å². The number of aliphatic hydroxyl groups excluding tert-OH is 1. The van der Waals surface area contributed by atoms with E-state index in [4.69, 9.17) is 0 Å². The van der Waals surface area contributed by atoms with Gasteiger partial charge in [-0.05, 0) is 26.0 Å². The van der Waals surface area contributed by atoms with Crippen molar-refractivity contribution in [2.24, 2.45) is 0 Å². The molecule has 0 amide bonds. The number of alkyl halides is 3. The standard InChI is InChI=1S/C13H14F3NO4/c1-6(18)8-4-9(12(20)21-3)11(17-7(2)19)5-10(8)13(14,15)16/h4-5,7,17,19H,1-3H3. The second kappa shape index (κ2) is 6.13. The Kier molecular flexibility index (Phi) is 4.95. The molecule has 21 heavy (non-hydrogen) atoms. The molecular weight excluding hydrogens is 291 g/mol. The maximum atomic E-state index is 13.0. The number of nitrogens with one attached hydrogen (secondary N) is 1. The topological polar surface area (TPSA) is 75.6 Å². The summed E-state index contributed by atoms with van der Waals surface area (Å²) < 4.78 is 43.4. The van der Waals surface area contributed by atoms with E-state index < -0.39 is 35.3 Å². The number of carbonyl (C=O) groups is 2. The van der Waals surface area contributed by atoms with E-state index >= 15 is 0 Å². The number of carbonyl (C=O) groups excluding carboxylic acids is 2. The van der Waals surface area contributed by atoms with Crippen molar-refractivity contribution in [2.75, 3.05) is 12.4 Å². The molecule has 0 aliphatic carbocycles. The van der Waals surface area contributed by atoms with Gasteiger partial charge in [0.15, 0.2) is 5.78 Å². The first-order valence-corrected chi connectivity index (χ1v) is 5.87. The molecule has 116 valence electrons. The maximum absolute atomic E-state index is 13.0. The molecule has 0 fully saturated rings. The molecule has 5 nitrogen and oxygen atoms in total. The first kappa shape index (κ1) is 17.0. The van der Waals surface area contributed by atoms with Crippen LogP contribution in [0.1, 0.15) is 40.1 Å². The second-order valence-corrected chi connectivity index (χ2v) is 4.31. The summed E-state index contributed by atoms with van der Waals surface area (Å²) in [7, 11) is 1.06. The summed E-state index contributed by atoms with van der Waals surface area (Å²) in [5.74, 6) is -1.76. The summed E-state index contributed by atoms with van der Waals surface area (Å²) in [5, 5.41) is 11.6. The van der Waals surface area contributed by atoms with E-state index in [0.717, 1.165) is 20.1 Å². The minimum absolute atomic E-state index is 0.267. The largest absolute Gasteiger partial charge is 0.465 e. The molecule has 0 spiro atoms. The minimum Gasteiger partial charge on any atom is -0.465 e. The highest BCUT2D eigenvalue weighted by atomic mass is 19.4. The zero-order chi connectivity index (χ0) is 16.4. The Labute approximate surface area is 118 Å². The fourth-order valence-electron chi connectivity index (χ4n) is 1.75. The summed E-state index contributed by atoms with van der Waals surface area (Å²) in [4.78, 5) is 23.0. The van der Waals surface area contributed by atoms with Gasteiger partial charge >= 0.3 is 12.1 Å². The number of methoxy groups -OCH3 is 1. The highest BCUT2D eigenvalue weighted by Gasteiger charge is 2.36. The first-order chi connectivity index (χ1) is 9.57. The number of hydrogen-bond donors (Lipinski definition) is 2. The average Bonchev–Trinajstić information content (AvgIpc) is 2.35. The molecule has 0 aliphatic heterocycles. The van der Waals surface area contributed by atoms with Crippen LogP contribution >= 0.6 is 0 Å². The Morgan fingerprint density at radius 1 is 1.29 bits per heavy atom. The number of ketones is 1. The molecule has 8 heteroatoms. The SMILES string of the molecule is COC(=O)c1cc(C(C)=O)c(C(F)(F)F)cc1NC(C)O. The van der Waals surface area contributed by atoms with Crippen molar-refractivity contribution in [1.29, 1.82) is 0 Å². The van der Waals surface area contributed by atoms with E-state index in [9.17, 15) is 27.9 Å². The number of benzene rings is 1. The van der Waals surface area contributed by atoms with Gasteiger partial charge in [0, 0.05) is 5.56 Å². The number of halogens is 3. The highest BCUT2D eigenvalue weighted by Crippen LogP contribution is 2.36. The van der Waals surface area contributed by atoms with Crippen molar-refractivity contribution in [2.45, 2.75) is 26.3 Å². The zero-order valence-corrected chi connectivity index (χ0v) is 11.5. The van der Waals surface area contributed by atoms with Crippen LogP contribution in [0.2, 0.25) is 0 Å². The van der Waals surface area contributed by atoms with Gasteiger partial charge in [-0.2, -0.15) is 13.2 Å². The van der Waals surface area contributed by atoms with Crippen molar-refractivity contribution < 1.29 is 32.6 Å². The van der Waals surface area contributed by atoms with E-state index in [1.54, 1.807) is 0 Å². The summed E-state index contributed by atoms with van der Waals surface area (Å²) in [6.45, 7) is 2.24. The minimum atomic E-state index is -4.77. The van der Waals surface area contributed by atoms with Crippen LogP contribution in [0.25, 0.3) is 0 Å². The van der Waals surface area contributed by atoms with Crippen LogP contribution in [0.15, 0.2) is 12.1 Å². The number of anilines is 1. The lowest BCUT2D eigenvalue weighted by atomic mass is 9.98. The predicted molar refractivity (Wildman–Crippen MR) is 68.1 cm³/mol. The smallest absolute Gasteiger partial charge is 0.417 e. The number of esters is 1. The molecule has 0 heterocycles. The van der Waals surface area contributed by atoms with E-state index in [2.05, 4.69) is 10.1 Å². The Bertz CT molecular complexity index is 567. The third-order valence-electron chi connectivity index (χ3n) is 2.61. The molecule has 0 bridgehead atoms. The lowest BCUT2D eigenvalue weighted by molar-refractivity contribution is -0.137. The monoisotopic (exact) mass is 305 g/mol. The number of Topliss-reactive ketones (excluding diaryl/α,β-unsaturated/α-hetero) is 1. The summed E-state index contributed by atoms with van der Waals surface area (Å²) in [6.07, 6.45) is -5.97. The van der Waals surface area contributed by atoms with Gasteiger partial charge in [0.2, 0.25) is 0 Å². The number of aliphatic hydroxyl groups is 1. The quantitative estimate of drug-likeness (QED) is 0.508. The van der Waals surface area contributed by atoms with Crippen LogP contribution in [0.3, 0.4) is 0 Å². The lowest BCUT2D eigenvalue weighted by Crippen LogP contribution is -2.20. The Balaban J connectivity index is 3.61. The zero-order valence-electron chi connectivity index (χ0n) is 11.5. The lowest BCUT2D eigenvalue weighted by Gasteiger charge is -2.18. The number of hydrogen-bond acceptors (Lipinski definition) is 5. The fraction of sp³-hybridized carbons (Fsp3) is 0.385. The van der Waals surface area contributed by atoms with Crippen molar-refractivity contribution in [3.63, 3.8) is 0 Å². The van der Waals surface area contributed by atoms with Crippen LogP contribution in [0.5, 0.6) is 0 Å². The summed E-state index contributed by atoms with van der Waals surface area (Å²) in [5.41, 5.74) is -2.37. The molecule has 0 aromatic heterocycles. The Morgan fingerprint density at radius 3 is 2.24 bits per heavy atom. The summed E-state index contributed by atoms with van der Waals surface area (Å²) in [6, 6.07) is 1.41. The fourth-order valence-corrected chi connectivity index (χ4v) is 1.75. The molecule has 1 aromatic rings. The van der Waals surface area contributed by atoms with Crippen LogP contribution in [0, 0.1) is 0 Å². The molecule has 0 radical (unpaired) electrons. The molecular formula is C13H14F3NO4. The molecule has 0 saturated carbocycles. The number of ether oxygens (including phenoxy) is 1. The van der Waals surface area contributed by atoms with Crippen LogP contribution in [0.4, 0.5) is 18.9 Å². The van der Waals surface area contributed by atoms with Crippen LogP contribution in [-0.4, -0.2) is 30.2 Å². The van der Waals surface area contributed by atoms with Gasteiger partial charge in [-0.15, -0.1) is 0 Å². The number of rotatable bonds is 4. The molecule has 2 N–H and O–H groups in total. The van der Waals surface area contributed by atoms with E-state index in [0.29, 0.717) is 6.07 Å². The molecule has 0 saturated heterocycles. The first-order valence-electron chi connectivity index (χ1n) is 5.87. The van der Waals surface area contributed by atoms with Crippen molar-refractivity contribution >= 4 is 17.4 Å². The van der Waals surface area contributed by atoms with E-state index in [-0.39, 0.29) is 11.3 Å². The van der Waals surface area contributed by atoms with Gasteiger partial charge in [-0.1, -0.05) is 0 Å². The molecule has 1 aromatic carbocycles. The van der Waals surface area contributed by atoms with Crippen LogP contribution < -0.4 is 5.32 Å². The van der Waals surface area contributed by atoms with Crippen molar-refractivity contribution in [3.05, 3.63) is 28.8 Å². The Hall–Kier alpha value is -2.09. The van der Waals surface area contributed by atoms with Gasteiger partial charge in [-0.3, -0.25) is 4.79 Å². The maximum Gasteiger partial charge on any atom is 0.417 e. The van der Waals surface area contributed by atoms with Gasteiger partial charge < -0.3 is 15.2 Å². The Morgan fingerprint density at radius 2 is 1.86 bits per heavy atom. The van der Waals surface area contributed by atoms with Gasteiger partial charge in [0.1, 0.15) is 6.23 Å². The molecule has 0 aliphatic rings. The van der Waals surface area contributed by atoms with Crippen molar-refractivity contribution in [3.8, 4) is 0 Å².